The van der Waals surface area contributed by atoms with Crippen LogP contribution in [-0.4, -0.2) is 25.5 Å². The fraction of sp³-hybridized carbons (Fsp3) is 0.533. The Morgan fingerprint density at radius 2 is 2.00 bits per heavy atom. The molecule has 0 bridgehead atoms. The van der Waals surface area contributed by atoms with Crippen molar-refractivity contribution in [2.45, 2.75) is 38.1 Å². The number of benzene rings is 1. The third kappa shape index (κ3) is 2.03. The van der Waals surface area contributed by atoms with Gasteiger partial charge in [-0.3, -0.25) is 4.79 Å². The highest BCUT2D eigenvalue weighted by molar-refractivity contribution is 5.96. The van der Waals surface area contributed by atoms with Gasteiger partial charge in [-0.2, -0.15) is 0 Å². The maximum atomic E-state index is 12.0. The van der Waals surface area contributed by atoms with Crippen molar-refractivity contribution in [2.24, 2.45) is 0 Å². The molecule has 1 aromatic carbocycles. The second-order valence-electron chi connectivity index (χ2n) is 5.35. The van der Waals surface area contributed by atoms with E-state index in [9.17, 15) is 4.79 Å². The van der Waals surface area contributed by atoms with Gasteiger partial charge in [-0.1, -0.05) is 6.07 Å². The van der Waals surface area contributed by atoms with Crippen molar-refractivity contribution in [2.75, 3.05) is 18.5 Å². The second-order valence-corrected chi connectivity index (χ2v) is 5.35. The van der Waals surface area contributed by atoms with Gasteiger partial charge in [0.15, 0.2) is 0 Å². The van der Waals surface area contributed by atoms with Gasteiger partial charge in [-0.15, -0.1) is 0 Å². The molecule has 1 saturated heterocycles. The smallest absolute Gasteiger partial charge is 0.228 e. The molecule has 1 aromatic rings. The molecule has 1 atom stereocenters. The Kier molecular flexibility index (Phi) is 3.08. The first-order valence-corrected chi connectivity index (χ1v) is 6.87. The number of hydrogen-bond acceptors (Lipinski definition) is 2. The highest BCUT2D eigenvalue weighted by Gasteiger charge is 2.29. The van der Waals surface area contributed by atoms with Gasteiger partial charge in [0.2, 0.25) is 5.91 Å². The Hall–Kier alpha value is -1.35. The molecular weight excluding hydrogens is 224 g/mol. The summed E-state index contributed by atoms with van der Waals surface area (Å²) in [6.45, 7) is 0.800. The molecule has 1 unspecified atom stereocenters. The number of amides is 1. The first kappa shape index (κ1) is 11.7. The predicted molar refractivity (Wildman–Crippen MR) is 72.9 cm³/mol. The summed E-state index contributed by atoms with van der Waals surface area (Å²) in [7, 11) is 1.92. The molecule has 18 heavy (non-hydrogen) atoms. The van der Waals surface area contributed by atoms with Gasteiger partial charge in [0.1, 0.15) is 0 Å². The van der Waals surface area contributed by atoms with Gasteiger partial charge >= 0.3 is 0 Å². The third-order valence-corrected chi connectivity index (χ3v) is 4.18. The lowest BCUT2D eigenvalue weighted by Gasteiger charge is -2.21. The summed E-state index contributed by atoms with van der Waals surface area (Å²) in [6.07, 6.45) is 5.57. The summed E-state index contributed by atoms with van der Waals surface area (Å²) in [4.78, 5) is 13.9. The van der Waals surface area contributed by atoms with Gasteiger partial charge in [0.05, 0.1) is 0 Å². The van der Waals surface area contributed by atoms with Crippen molar-refractivity contribution in [1.29, 1.82) is 0 Å². The van der Waals surface area contributed by atoms with Crippen molar-refractivity contribution < 1.29 is 4.79 Å². The molecule has 1 aliphatic carbocycles. The molecule has 3 nitrogen and oxygen atoms in total. The molecule has 1 amide bonds. The fourth-order valence-corrected chi connectivity index (χ4v) is 3.04. The van der Waals surface area contributed by atoms with Crippen LogP contribution in [0.1, 0.15) is 30.4 Å². The largest absolute Gasteiger partial charge is 0.315 e. The number of likely N-dealkylation sites (N-methyl/N-ethyl adjacent to an activating group) is 1. The predicted octanol–water partition coefficient (Wildman–Crippen LogP) is 1.89. The number of aryl methyl sites for hydroxylation is 2. The van der Waals surface area contributed by atoms with Crippen LogP contribution in [0, 0.1) is 0 Å². The van der Waals surface area contributed by atoms with E-state index in [1.165, 1.54) is 36.8 Å². The number of carbonyl (C=O) groups excluding carboxylic acids is 1. The first-order valence-electron chi connectivity index (χ1n) is 6.87. The average Bonchev–Trinajstić information content (AvgIpc) is 2.79. The van der Waals surface area contributed by atoms with Crippen LogP contribution in [0.5, 0.6) is 0 Å². The Balaban J connectivity index is 1.86. The molecule has 96 valence electrons. The van der Waals surface area contributed by atoms with E-state index in [4.69, 9.17) is 0 Å². The van der Waals surface area contributed by atoms with E-state index in [2.05, 4.69) is 23.5 Å². The monoisotopic (exact) mass is 244 g/mol. The standard InChI is InChI=1S/C15H20N2O/c1-16-13-9-15(18)17(10-13)14-7-6-11-4-2-3-5-12(11)8-14/h6-8,13,16H,2-5,9-10H2,1H3. The zero-order chi connectivity index (χ0) is 12.5. The molecule has 3 rings (SSSR count). The van der Waals surface area contributed by atoms with Crippen LogP contribution in [-0.2, 0) is 17.6 Å². The minimum atomic E-state index is 0.241. The minimum absolute atomic E-state index is 0.241. The lowest BCUT2D eigenvalue weighted by atomic mass is 9.91. The van der Waals surface area contributed by atoms with E-state index in [0.717, 1.165) is 12.2 Å². The topological polar surface area (TPSA) is 32.3 Å². The van der Waals surface area contributed by atoms with Gasteiger partial charge in [0, 0.05) is 24.7 Å². The quantitative estimate of drug-likeness (QED) is 0.861. The highest BCUT2D eigenvalue weighted by atomic mass is 16.2. The van der Waals surface area contributed by atoms with Crippen molar-refractivity contribution in [3.63, 3.8) is 0 Å². The number of rotatable bonds is 2. The summed E-state index contributed by atoms with van der Waals surface area (Å²) < 4.78 is 0. The molecule has 1 aliphatic heterocycles. The van der Waals surface area contributed by atoms with Crippen molar-refractivity contribution >= 4 is 11.6 Å². The average molecular weight is 244 g/mol. The van der Waals surface area contributed by atoms with Crippen molar-refractivity contribution in [3.05, 3.63) is 29.3 Å². The van der Waals surface area contributed by atoms with Crippen LogP contribution in [0.4, 0.5) is 5.69 Å². The molecule has 1 N–H and O–H groups in total. The third-order valence-electron chi connectivity index (χ3n) is 4.18. The van der Waals surface area contributed by atoms with Crippen molar-refractivity contribution in [3.8, 4) is 0 Å². The fourth-order valence-electron chi connectivity index (χ4n) is 3.04. The van der Waals surface area contributed by atoms with E-state index < -0.39 is 0 Å². The van der Waals surface area contributed by atoms with Gasteiger partial charge < -0.3 is 10.2 Å². The molecule has 0 spiro atoms. The minimum Gasteiger partial charge on any atom is -0.315 e. The normalized spacial score (nSPS) is 23.3. The summed E-state index contributed by atoms with van der Waals surface area (Å²) in [5.41, 5.74) is 4.00. The Labute approximate surface area is 108 Å². The lowest BCUT2D eigenvalue weighted by Crippen LogP contribution is -2.30. The van der Waals surface area contributed by atoms with E-state index in [1.54, 1.807) is 0 Å². The summed E-state index contributed by atoms with van der Waals surface area (Å²) >= 11 is 0. The Morgan fingerprint density at radius 3 is 2.72 bits per heavy atom. The highest BCUT2D eigenvalue weighted by Crippen LogP contribution is 2.28. The number of nitrogens with zero attached hydrogens (tertiary/aromatic N) is 1. The molecule has 2 aliphatic rings. The maximum absolute atomic E-state index is 12.0. The number of anilines is 1. The number of nitrogens with one attached hydrogen (secondary N) is 1. The zero-order valence-corrected chi connectivity index (χ0v) is 10.9. The molecule has 1 fully saturated rings. The van der Waals surface area contributed by atoms with E-state index in [-0.39, 0.29) is 5.91 Å². The lowest BCUT2D eigenvalue weighted by molar-refractivity contribution is -0.117. The molecule has 1 heterocycles. The molecular formula is C15H20N2O. The van der Waals surface area contributed by atoms with E-state index in [1.807, 2.05) is 11.9 Å². The molecule has 3 heteroatoms. The van der Waals surface area contributed by atoms with E-state index >= 15 is 0 Å². The zero-order valence-electron chi connectivity index (χ0n) is 10.9. The second kappa shape index (κ2) is 4.73. The molecule has 0 saturated carbocycles. The molecule has 0 radical (unpaired) electrons. The van der Waals surface area contributed by atoms with Crippen molar-refractivity contribution in [1.82, 2.24) is 5.32 Å². The van der Waals surface area contributed by atoms with Gasteiger partial charge in [0.25, 0.3) is 0 Å². The van der Waals surface area contributed by atoms with Crippen LogP contribution in [0.3, 0.4) is 0 Å². The Morgan fingerprint density at radius 1 is 1.22 bits per heavy atom. The van der Waals surface area contributed by atoms with Gasteiger partial charge in [-0.25, -0.2) is 0 Å². The van der Waals surface area contributed by atoms with Crippen LogP contribution in [0.15, 0.2) is 18.2 Å². The van der Waals surface area contributed by atoms with E-state index in [0.29, 0.717) is 12.5 Å². The summed E-state index contributed by atoms with van der Waals surface area (Å²) in [5.74, 6) is 0.241. The summed E-state index contributed by atoms with van der Waals surface area (Å²) in [6, 6.07) is 6.85. The SMILES string of the molecule is CNC1CC(=O)N(c2ccc3c(c2)CCCC3)C1. The van der Waals surface area contributed by atoms with Gasteiger partial charge in [-0.05, 0) is 56.0 Å². The number of carbonyl (C=O) groups is 1. The number of fused-ring (bicyclic) bond motifs is 1. The van der Waals surface area contributed by atoms with Crippen LogP contribution >= 0.6 is 0 Å². The maximum Gasteiger partial charge on any atom is 0.228 e. The van der Waals surface area contributed by atoms with Crippen LogP contribution in [0.25, 0.3) is 0 Å². The van der Waals surface area contributed by atoms with Crippen LogP contribution in [0.2, 0.25) is 0 Å². The van der Waals surface area contributed by atoms with Crippen LogP contribution < -0.4 is 10.2 Å². The number of hydrogen-bond donors (Lipinski definition) is 1. The first-order chi connectivity index (χ1) is 8.78. The molecule has 0 aromatic heterocycles. The summed E-state index contributed by atoms with van der Waals surface area (Å²) in [5, 5.41) is 3.19. The Bertz CT molecular complexity index is 470.